The Morgan fingerprint density at radius 1 is 1.27 bits per heavy atom. The topological polar surface area (TPSA) is 33.4 Å². The number of rotatable bonds is 3. The number of aliphatic hydroxyl groups excluding tert-OH is 1. The smallest absolute Gasteiger partial charge is 0.107 e. The van der Waals surface area contributed by atoms with Crippen LogP contribution in [0.5, 0.6) is 0 Å². The molecule has 2 heteroatoms. The van der Waals surface area contributed by atoms with Crippen molar-refractivity contribution in [2.75, 3.05) is 0 Å². The van der Waals surface area contributed by atoms with Crippen molar-refractivity contribution in [3.63, 3.8) is 0 Å². The standard InChI is InChI=1S/C13H14O2/c1-2-10-5-3-4-6-12(10)13(14)11-7-8-15-9-11/h3-9,13-14H,2H2,1H3. The normalized spacial score (nSPS) is 12.7. The Morgan fingerprint density at radius 2 is 2.07 bits per heavy atom. The predicted molar refractivity (Wildman–Crippen MR) is 58.6 cm³/mol. The zero-order chi connectivity index (χ0) is 10.7. The molecule has 2 nitrogen and oxygen atoms in total. The Labute approximate surface area is 89.2 Å². The van der Waals surface area contributed by atoms with Gasteiger partial charge in [-0.25, -0.2) is 0 Å². The van der Waals surface area contributed by atoms with Crippen LogP contribution in [0.15, 0.2) is 47.3 Å². The van der Waals surface area contributed by atoms with E-state index in [0.717, 1.165) is 17.5 Å². The van der Waals surface area contributed by atoms with Crippen molar-refractivity contribution in [1.29, 1.82) is 0 Å². The van der Waals surface area contributed by atoms with Crippen molar-refractivity contribution in [1.82, 2.24) is 0 Å². The van der Waals surface area contributed by atoms with Crippen LogP contribution < -0.4 is 0 Å². The Balaban J connectivity index is 2.37. The summed E-state index contributed by atoms with van der Waals surface area (Å²) in [5.74, 6) is 0. The molecular formula is C13H14O2. The zero-order valence-electron chi connectivity index (χ0n) is 8.68. The van der Waals surface area contributed by atoms with E-state index in [9.17, 15) is 5.11 Å². The molecule has 1 atom stereocenters. The van der Waals surface area contributed by atoms with Crippen LogP contribution in [0.3, 0.4) is 0 Å². The second-order valence-corrected chi connectivity index (χ2v) is 3.51. The first-order chi connectivity index (χ1) is 7.33. The molecule has 1 heterocycles. The van der Waals surface area contributed by atoms with E-state index < -0.39 is 6.10 Å². The molecule has 0 fully saturated rings. The molecular weight excluding hydrogens is 188 g/mol. The van der Waals surface area contributed by atoms with Crippen LogP contribution in [0.4, 0.5) is 0 Å². The van der Waals surface area contributed by atoms with Crippen LogP contribution in [-0.4, -0.2) is 5.11 Å². The van der Waals surface area contributed by atoms with E-state index in [0.29, 0.717) is 0 Å². The van der Waals surface area contributed by atoms with E-state index in [1.54, 1.807) is 18.6 Å². The molecule has 1 unspecified atom stereocenters. The van der Waals surface area contributed by atoms with Gasteiger partial charge in [-0.3, -0.25) is 0 Å². The van der Waals surface area contributed by atoms with Crippen LogP contribution in [0.1, 0.15) is 29.7 Å². The molecule has 0 amide bonds. The maximum atomic E-state index is 10.1. The highest BCUT2D eigenvalue weighted by Crippen LogP contribution is 2.25. The van der Waals surface area contributed by atoms with Gasteiger partial charge in [0.1, 0.15) is 6.10 Å². The largest absolute Gasteiger partial charge is 0.472 e. The molecule has 0 saturated heterocycles. The number of hydrogen-bond donors (Lipinski definition) is 1. The van der Waals surface area contributed by atoms with E-state index in [1.807, 2.05) is 24.3 Å². The molecule has 2 aromatic rings. The van der Waals surface area contributed by atoms with Crippen molar-refractivity contribution in [3.05, 3.63) is 59.5 Å². The molecule has 78 valence electrons. The molecule has 0 aliphatic rings. The van der Waals surface area contributed by atoms with Gasteiger partial charge in [-0.1, -0.05) is 31.2 Å². The fourth-order valence-corrected chi connectivity index (χ4v) is 1.73. The maximum absolute atomic E-state index is 10.1. The number of aliphatic hydroxyl groups is 1. The molecule has 15 heavy (non-hydrogen) atoms. The first kappa shape index (κ1) is 9.99. The number of furan rings is 1. The van der Waals surface area contributed by atoms with E-state index >= 15 is 0 Å². The van der Waals surface area contributed by atoms with Gasteiger partial charge in [0.25, 0.3) is 0 Å². The van der Waals surface area contributed by atoms with E-state index in [4.69, 9.17) is 4.42 Å². The van der Waals surface area contributed by atoms with Crippen LogP contribution in [0.2, 0.25) is 0 Å². The third-order valence-electron chi connectivity index (χ3n) is 2.59. The van der Waals surface area contributed by atoms with Crippen molar-refractivity contribution >= 4 is 0 Å². The van der Waals surface area contributed by atoms with Gasteiger partial charge >= 0.3 is 0 Å². The molecule has 0 aliphatic heterocycles. The Hall–Kier alpha value is -1.54. The highest BCUT2D eigenvalue weighted by molar-refractivity contribution is 5.34. The van der Waals surface area contributed by atoms with E-state index in [-0.39, 0.29) is 0 Å². The predicted octanol–water partition coefficient (Wildman–Crippen LogP) is 2.92. The fraction of sp³-hybridized carbons (Fsp3) is 0.231. The Morgan fingerprint density at radius 3 is 2.73 bits per heavy atom. The average molecular weight is 202 g/mol. The summed E-state index contributed by atoms with van der Waals surface area (Å²) >= 11 is 0. The summed E-state index contributed by atoms with van der Waals surface area (Å²) in [7, 11) is 0. The van der Waals surface area contributed by atoms with E-state index in [1.165, 1.54) is 5.56 Å². The van der Waals surface area contributed by atoms with Gasteiger partial charge in [-0.15, -0.1) is 0 Å². The first-order valence-electron chi connectivity index (χ1n) is 5.11. The van der Waals surface area contributed by atoms with Crippen LogP contribution in [0.25, 0.3) is 0 Å². The van der Waals surface area contributed by atoms with Crippen LogP contribution in [-0.2, 0) is 6.42 Å². The van der Waals surface area contributed by atoms with Gasteiger partial charge in [0.05, 0.1) is 12.5 Å². The highest BCUT2D eigenvalue weighted by atomic mass is 16.3. The summed E-state index contributed by atoms with van der Waals surface area (Å²) in [6, 6.07) is 9.72. The zero-order valence-corrected chi connectivity index (χ0v) is 8.68. The van der Waals surface area contributed by atoms with Gasteiger partial charge in [0, 0.05) is 5.56 Å². The second-order valence-electron chi connectivity index (χ2n) is 3.51. The third-order valence-corrected chi connectivity index (χ3v) is 2.59. The quantitative estimate of drug-likeness (QED) is 0.830. The van der Waals surface area contributed by atoms with Gasteiger partial charge in [-0.2, -0.15) is 0 Å². The minimum Gasteiger partial charge on any atom is -0.472 e. The second kappa shape index (κ2) is 4.32. The van der Waals surface area contributed by atoms with Crippen LogP contribution in [0, 0.1) is 0 Å². The minimum atomic E-state index is -0.583. The lowest BCUT2D eigenvalue weighted by Crippen LogP contribution is -2.01. The van der Waals surface area contributed by atoms with Gasteiger partial charge in [-0.05, 0) is 23.6 Å². The van der Waals surface area contributed by atoms with Gasteiger partial charge < -0.3 is 9.52 Å². The van der Waals surface area contributed by atoms with Gasteiger partial charge in [0.2, 0.25) is 0 Å². The fourth-order valence-electron chi connectivity index (χ4n) is 1.73. The molecule has 0 saturated carbocycles. The average Bonchev–Trinajstić information content (AvgIpc) is 2.81. The minimum absolute atomic E-state index is 0.583. The molecule has 1 aromatic heterocycles. The van der Waals surface area contributed by atoms with Crippen molar-refractivity contribution in [2.24, 2.45) is 0 Å². The number of hydrogen-bond acceptors (Lipinski definition) is 2. The molecule has 0 bridgehead atoms. The first-order valence-corrected chi connectivity index (χ1v) is 5.11. The lowest BCUT2D eigenvalue weighted by Gasteiger charge is -2.12. The summed E-state index contributed by atoms with van der Waals surface area (Å²) in [6.45, 7) is 2.08. The van der Waals surface area contributed by atoms with E-state index in [2.05, 4.69) is 6.92 Å². The third kappa shape index (κ3) is 1.95. The Bertz CT molecular complexity index is 418. The molecule has 0 spiro atoms. The molecule has 1 aromatic carbocycles. The summed E-state index contributed by atoms with van der Waals surface area (Å²) in [4.78, 5) is 0. The lowest BCUT2D eigenvalue weighted by molar-refractivity contribution is 0.218. The van der Waals surface area contributed by atoms with Crippen molar-refractivity contribution in [2.45, 2.75) is 19.4 Å². The summed E-state index contributed by atoms with van der Waals surface area (Å²) in [6.07, 6.45) is 3.50. The SMILES string of the molecule is CCc1ccccc1C(O)c1ccoc1. The summed E-state index contributed by atoms with van der Waals surface area (Å²) in [5.41, 5.74) is 2.93. The molecule has 0 radical (unpaired) electrons. The van der Waals surface area contributed by atoms with Crippen molar-refractivity contribution < 1.29 is 9.52 Å². The van der Waals surface area contributed by atoms with Crippen molar-refractivity contribution in [3.8, 4) is 0 Å². The summed E-state index contributed by atoms with van der Waals surface area (Å²) < 4.78 is 4.97. The monoisotopic (exact) mass is 202 g/mol. The molecule has 2 rings (SSSR count). The maximum Gasteiger partial charge on any atom is 0.107 e. The number of aryl methyl sites for hydroxylation is 1. The molecule has 0 aliphatic carbocycles. The van der Waals surface area contributed by atoms with Crippen LogP contribution >= 0.6 is 0 Å². The highest BCUT2D eigenvalue weighted by Gasteiger charge is 2.13. The Kier molecular flexibility index (Phi) is 2.88. The summed E-state index contributed by atoms with van der Waals surface area (Å²) in [5, 5.41) is 10.1. The number of benzene rings is 1. The lowest BCUT2D eigenvalue weighted by atomic mass is 9.97. The van der Waals surface area contributed by atoms with Gasteiger partial charge in [0.15, 0.2) is 0 Å². The molecule has 1 N–H and O–H groups in total.